The standard InChI is InChI=1S/C21H22INS.C15H16INS/c1-16-15-21(17(16)2)23(24-22)14-13-20(18-9-5-3-6-10-18)19-11-7-4-8-12-19;16-18-17-12-11-15(13-7-3-1-4-8-13)14-9-5-2-6-10-14/h3-12,20-21H,1-2,13-15H2;1-10,15,17H,11-12H2. The molecule has 1 fully saturated rings. The van der Waals surface area contributed by atoms with E-state index in [0.29, 0.717) is 17.9 Å². The number of benzene rings is 4. The van der Waals surface area contributed by atoms with Gasteiger partial charge in [-0.2, -0.15) is 0 Å². The van der Waals surface area contributed by atoms with Crippen LogP contribution in [0.15, 0.2) is 146 Å². The van der Waals surface area contributed by atoms with Gasteiger partial charge in [0.15, 0.2) is 0 Å². The number of nitrogens with zero attached hydrogens (tertiary/aromatic N) is 1. The Morgan fingerprint density at radius 1 is 0.667 bits per heavy atom. The molecule has 0 aromatic heterocycles. The first-order chi connectivity index (χ1) is 20.6. The van der Waals surface area contributed by atoms with E-state index in [1.54, 1.807) is 18.2 Å². The normalized spacial score (nSPS) is 14.5. The van der Waals surface area contributed by atoms with E-state index in [9.17, 15) is 0 Å². The van der Waals surface area contributed by atoms with E-state index in [1.807, 2.05) is 0 Å². The number of halogens is 2. The Balaban J connectivity index is 0.000000201. The molecular formula is C36H38I2N2S2. The van der Waals surface area contributed by atoms with Crippen molar-refractivity contribution >= 4 is 60.6 Å². The topological polar surface area (TPSA) is 15.3 Å². The maximum Gasteiger partial charge on any atom is 0.0496 e. The van der Waals surface area contributed by atoms with Gasteiger partial charge in [0.2, 0.25) is 0 Å². The molecule has 218 valence electrons. The highest BCUT2D eigenvalue weighted by molar-refractivity contribution is 14.2. The van der Waals surface area contributed by atoms with Crippen LogP contribution in [0.25, 0.3) is 0 Å². The molecule has 0 bridgehead atoms. The molecule has 2 nitrogen and oxygen atoms in total. The fraction of sp³-hybridized carbons (Fsp3) is 0.222. The molecule has 0 aliphatic heterocycles. The second kappa shape index (κ2) is 18.3. The Hall–Kier alpha value is -1.56. The fourth-order valence-corrected chi connectivity index (χ4v) is 8.14. The van der Waals surface area contributed by atoms with Gasteiger partial charge in [-0.05, 0) is 70.9 Å². The number of nitrogens with one attached hydrogen (secondary N) is 1. The van der Waals surface area contributed by atoms with Gasteiger partial charge in [0, 0.05) is 73.4 Å². The maximum atomic E-state index is 4.18. The zero-order valence-corrected chi connectivity index (χ0v) is 29.7. The van der Waals surface area contributed by atoms with Gasteiger partial charge in [0.25, 0.3) is 0 Å². The Kier molecular flexibility index (Phi) is 14.5. The lowest BCUT2D eigenvalue weighted by molar-refractivity contribution is 0.351. The molecular weight excluding hydrogens is 778 g/mol. The second-order valence-electron chi connectivity index (χ2n) is 10.4. The van der Waals surface area contributed by atoms with Crippen molar-refractivity contribution in [1.82, 2.24) is 9.03 Å². The van der Waals surface area contributed by atoms with Crippen molar-refractivity contribution in [3.63, 3.8) is 0 Å². The second-order valence-corrected chi connectivity index (χ2v) is 13.9. The Morgan fingerprint density at radius 2 is 1.07 bits per heavy atom. The molecule has 42 heavy (non-hydrogen) atoms. The summed E-state index contributed by atoms with van der Waals surface area (Å²) in [5.41, 5.74) is 7.97. The van der Waals surface area contributed by atoms with Crippen LogP contribution < -0.4 is 4.72 Å². The summed E-state index contributed by atoms with van der Waals surface area (Å²) < 4.78 is 5.78. The summed E-state index contributed by atoms with van der Waals surface area (Å²) in [4.78, 5) is 0. The predicted molar refractivity (Wildman–Crippen MR) is 203 cm³/mol. The van der Waals surface area contributed by atoms with Gasteiger partial charge in [-0.1, -0.05) is 134 Å². The lowest BCUT2D eigenvalue weighted by Crippen LogP contribution is -2.38. The van der Waals surface area contributed by atoms with Crippen molar-refractivity contribution in [2.24, 2.45) is 0 Å². The first-order valence-corrected chi connectivity index (χ1v) is 20.9. The zero-order valence-electron chi connectivity index (χ0n) is 23.7. The Labute approximate surface area is 285 Å². The summed E-state index contributed by atoms with van der Waals surface area (Å²) in [6, 6.07) is 43.6. The first kappa shape index (κ1) is 33.3. The minimum Gasteiger partial charge on any atom is -0.255 e. The molecule has 4 aromatic rings. The zero-order chi connectivity index (χ0) is 29.6. The minimum atomic E-state index is 0.426. The summed E-state index contributed by atoms with van der Waals surface area (Å²) in [5.74, 6) is 0.901. The van der Waals surface area contributed by atoms with E-state index in [4.69, 9.17) is 0 Å². The SMILES string of the molecule is C=C1CC(N(CCC(c2ccccc2)c2ccccc2)SI)C1=C.ISNCCC(c1ccccc1)c1ccccc1. The molecule has 0 amide bonds. The lowest BCUT2D eigenvalue weighted by Gasteiger charge is -2.39. The average Bonchev–Trinajstić information content (AvgIpc) is 3.06. The van der Waals surface area contributed by atoms with Crippen LogP contribution >= 0.6 is 60.6 Å². The first-order valence-electron chi connectivity index (χ1n) is 14.2. The van der Waals surface area contributed by atoms with Crippen molar-refractivity contribution in [2.75, 3.05) is 13.1 Å². The third kappa shape index (κ3) is 9.72. The van der Waals surface area contributed by atoms with Gasteiger partial charge in [-0.25, -0.2) is 4.31 Å². The number of hydrogen-bond donors (Lipinski definition) is 1. The average molecular weight is 817 g/mol. The number of rotatable bonds is 13. The molecule has 5 rings (SSSR count). The van der Waals surface area contributed by atoms with Gasteiger partial charge in [-0.3, -0.25) is 4.72 Å². The van der Waals surface area contributed by atoms with Gasteiger partial charge < -0.3 is 0 Å². The van der Waals surface area contributed by atoms with E-state index in [2.05, 4.69) is 186 Å². The Bertz CT molecular complexity index is 1280. The van der Waals surface area contributed by atoms with E-state index < -0.39 is 0 Å². The molecule has 0 radical (unpaired) electrons. The minimum absolute atomic E-state index is 0.426. The third-order valence-corrected chi connectivity index (χ3v) is 11.1. The van der Waals surface area contributed by atoms with Crippen LogP contribution in [-0.4, -0.2) is 23.4 Å². The summed E-state index contributed by atoms with van der Waals surface area (Å²) in [6.07, 6.45) is 3.26. The molecule has 1 aliphatic rings. The molecule has 1 unspecified atom stereocenters. The van der Waals surface area contributed by atoms with E-state index in [1.165, 1.54) is 33.4 Å². The largest absolute Gasteiger partial charge is 0.255 e. The molecule has 1 saturated carbocycles. The molecule has 0 heterocycles. The quantitative estimate of drug-likeness (QED) is 0.0821. The highest BCUT2D eigenvalue weighted by Gasteiger charge is 2.32. The lowest BCUT2D eigenvalue weighted by atomic mass is 9.82. The van der Waals surface area contributed by atoms with Crippen LogP contribution in [0.1, 0.15) is 53.4 Å². The van der Waals surface area contributed by atoms with Crippen molar-refractivity contribution in [3.05, 3.63) is 168 Å². The summed E-state index contributed by atoms with van der Waals surface area (Å²) in [5, 5.41) is 0. The van der Waals surface area contributed by atoms with Crippen molar-refractivity contribution in [2.45, 2.75) is 37.1 Å². The third-order valence-electron chi connectivity index (χ3n) is 7.77. The van der Waals surface area contributed by atoms with E-state index in [0.717, 1.165) is 32.4 Å². The maximum absolute atomic E-state index is 4.18. The van der Waals surface area contributed by atoms with Gasteiger partial charge >= 0.3 is 0 Å². The van der Waals surface area contributed by atoms with Crippen LogP contribution in [-0.2, 0) is 0 Å². The molecule has 6 heteroatoms. The molecule has 1 atom stereocenters. The van der Waals surface area contributed by atoms with Crippen molar-refractivity contribution in [1.29, 1.82) is 0 Å². The monoisotopic (exact) mass is 816 g/mol. The molecule has 1 N–H and O–H groups in total. The van der Waals surface area contributed by atoms with Crippen LogP contribution in [0.3, 0.4) is 0 Å². The van der Waals surface area contributed by atoms with E-state index >= 15 is 0 Å². The number of hydrogen-bond acceptors (Lipinski definition) is 4. The smallest absolute Gasteiger partial charge is 0.0496 e. The van der Waals surface area contributed by atoms with Crippen molar-refractivity contribution < 1.29 is 0 Å². The van der Waals surface area contributed by atoms with Crippen LogP contribution in [0.4, 0.5) is 0 Å². The van der Waals surface area contributed by atoms with Gasteiger partial charge in [0.05, 0.1) is 0 Å². The predicted octanol–water partition coefficient (Wildman–Crippen LogP) is 11.2. The molecule has 1 aliphatic carbocycles. The van der Waals surface area contributed by atoms with Crippen LogP contribution in [0.5, 0.6) is 0 Å². The summed E-state index contributed by atoms with van der Waals surface area (Å²) in [7, 11) is 3.45. The molecule has 0 spiro atoms. The van der Waals surface area contributed by atoms with Crippen molar-refractivity contribution in [3.8, 4) is 0 Å². The highest BCUT2D eigenvalue weighted by Crippen LogP contribution is 2.40. The van der Waals surface area contributed by atoms with E-state index in [-0.39, 0.29) is 0 Å². The molecule has 0 saturated heterocycles. The Morgan fingerprint density at radius 3 is 1.40 bits per heavy atom. The summed E-state index contributed by atoms with van der Waals surface area (Å²) >= 11 is 4.66. The van der Waals surface area contributed by atoms with Gasteiger partial charge in [-0.15, -0.1) is 0 Å². The highest BCUT2D eigenvalue weighted by atomic mass is 127. The molecule has 4 aromatic carbocycles. The van der Waals surface area contributed by atoms with Gasteiger partial charge in [0.1, 0.15) is 0 Å². The summed E-state index contributed by atoms with van der Waals surface area (Å²) in [6.45, 7) is 10.3. The van der Waals surface area contributed by atoms with Crippen LogP contribution in [0.2, 0.25) is 0 Å². The van der Waals surface area contributed by atoms with Crippen LogP contribution in [0, 0.1) is 0 Å². The fourth-order valence-electron chi connectivity index (χ4n) is 5.40.